The van der Waals surface area contributed by atoms with Crippen LogP contribution in [0, 0.1) is 5.82 Å². The normalized spacial score (nSPS) is 11.1. The third kappa shape index (κ3) is 2.02. The van der Waals surface area contributed by atoms with E-state index in [4.69, 9.17) is 11.6 Å². The number of benzene rings is 2. The van der Waals surface area contributed by atoms with Crippen LogP contribution < -0.4 is 0 Å². The van der Waals surface area contributed by atoms with Gasteiger partial charge in [-0.3, -0.25) is 0 Å². The van der Waals surface area contributed by atoms with Crippen LogP contribution in [-0.4, -0.2) is 9.97 Å². The lowest BCUT2D eigenvalue weighted by atomic mass is 10.2. The maximum absolute atomic E-state index is 13.2. The molecule has 0 aliphatic heterocycles. The molecule has 5 heteroatoms. The number of hydrogen-bond donors (Lipinski definition) is 1. The van der Waals surface area contributed by atoms with Crippen molar-refractivity contribution in [2.75, 3.05) is 0 Å². The summed E-state index contributed by atoms with van der Waals surface area (Å²) in [6.45, 7) is 0. The van der Waals surface area contributed by atoms with Crippen molar-refractivity contribution in [1.29, 1.82) is 0 Å². The first-order valence-electron chi connectivity index (χ1n) is 5.24. The maximum Gasteiger partial charge on any atom is 0.138 e. The number of aromatic amines is 1. The zero-order valence-corrected chi connectivity index (χ0v) is 11.4. The molecule has 1 heterocycles. The Balaban J connectivity index is 2.22. The molecule has 0 amide bonds. The minimum absolute atomic E-state index is 0.291. The molecule has 0 saturated carbocycles. The van der Waals surface area contributed by atoms with E-state index in [1.54, 1.807) is 18.2 Å². The van der Waals surface area contributed by atoms with E-state index < -0.39 is 0 Å². The number of nitrogens with zero attached hydrogens (tertiary/aromatic N) is 1. The minimum atomic E-state index is -0.291. The topological polar surface area (TPSA) is 28.7 Å². The Labute approximate surface area is 116 Å². The Bertz CT molecular complexity index is 739. The third-order valence-corrected chi connectivity index (χ3v) is 3.35. The summed E-state index contributed by atoms with van der Waals surface area (Å²) in [5.74, 6) is 0.310. The van der Waals surface area contributed by atoms with E-state index in [0.29, 0.717) is 21.9 Å². The van der Waals surface area contributed by atoms with Gasteiger partial charge in [0, 0.05) is 10.0 Å². The molecule has 3 aromatic rings. The highest BCUT2D eigenvalue weighted by atomic mass is 79.9. The van der Waals surface area contributed by atoms with Crippen LogP contribution >= 0.6 is 27.5 Å². The van der Waals surface area contributed by atoms with Gasteiger partial charge in [0.1, 0.15) is 17.2 Å². The Hall–Kier alpha value is -1.39. The van der Waals surface area contributed by atoms with Gasteiger partial charge in [-0.05, 0) is 24.3 Å². The summed E-state index contributed by atoms with van der Waals surface area (Å²) in [6, 6.07) is 9.94. The monoisotopic (exact) mass is 324 g/mol. The standard InChI is InChI=1S/C13H7BrClFN2/c14-8-5-10(15)12-11(6-8)17-13(18-12)7-2-1-3-9(16)4-7/h1-6H,(H,17,18). The van der Waals surface area contributed by atoms with Crippen molar-refractivity contribution < 1.29 is 4.39 Å². The molecule has 18 heavy (non-hydrogen) atoms. The Morgan fingerprint density at radius 3 is 2.83 bits per heavy atom. The zero-order chi connectivity index (χ0) is 12.7. The molecule has 3 rings (SSSR count). The zero-order valence-electron chi connectivity index (χ0n) is 9.05. The second-order valence-electron chi connectivity index (χ2n) is 3.88. The molecule has 2 nitrogen and oxygen atoms in total. The van der Waals surface area contributed by atoms with Gasteiger partial charge in [0.15, 0.2) is 0 Å². The summed E-state index contributed by atoms with van der Waals surface area (Å²) in [6.07, 6.45) is 0. The molecule has 0 radical (unpaired) electrons. The molecular weight excluding hydrogens is 319 g/mol. The largest absolute Gasteiger partial charge is 0.338 e. The first-order chi connectivity index (χ1) is 8.63. The molecule has 0 aliphatic rings. The van der Waals surface area contributed by atoms with E-state index in [0.717, 1.165) is 9.99 Å². The predicted molar refractivity (Wildman–Crippen MR) is 74.2 cm³/mol. The van der Waals surface area contributed by atoms with Gasteiger partial charge in [0.25, 0.3) is 0 Å². The number of imidazole rings is 1. The van der Waals surface area contributed by atoms with Crippen LogP contribution in [0.15, 0.2) is 40.9 Å². The number of nitrogens with one attached hydrogen (secondary N) is 1. The molecular formula is C13H7BrClFN2. The number of H-pyrrole nitrogens is 1. The van der Waals surface area contributed by atoms with Crippen LogP contribution in [0.1, 0.15) is 0 Å². The van der Waals surface area contributed by atoms with E-state index in [1.807, 2.05) is 6.07 Å². The Morgan fingerprint density at radius 2 is 2.06 bits per heavy atom. The summed E-state index contributed by atoms with van der Waals surface area (Å²) in [7, 11) is 0. The molecule has 0 bridgehead atoms. The second-order valence-corrected chi connectivity index (χ2v) is 5.20. The van der Waals surface area contributed by atoms with Gasteiger partial charge in [0.2, 0.25) is 0 Å². The number of rotatable bonds is 1. The SMILES string of the molecule is Fc1cccc(-c2nc3c(Cl)cc(Br)cc3[nH]2)c1. The van der Waals surface area contributed by atoms with Crippen molar-refractivity contribution in [3.63, 3.8) is 0 Å². The van der Waals surface area contributed by atoms with Gasteiger partial charge in [-0.25, -0.2) is 9.37 Å². The number of aromatic nitrogens is 2. The average molecular weight is 326 g/mol. The lowest BCUT2D eigenvalue weighted by Gasteiger charge is -1.95. The van der Waals surface area contributed by atoms with Crippen molar-refractivity contribution in [2.45, 2.75) is 0 Å². The van der Waals surface area contributed by atoms with Crippen LogP contribution in [0.3, 0.4) is 0 Å². The first-order valence-corrected chi connectivity index (χ1v) is 6.41. The van der Waals surface area contributed by atoms with Gasteiger partial charge < -0.3 is 4.98 Å². The second kappa shape index (κ2) is 4.37. The summed E-state index contributed by atoms with van der Waals surface area (Å²) < 4.78 is 14.0. The van der Waals surface area contributed by atoms with Gasteiger partial charge in [-0.15, -0.1) is 0 Å². The van der Waals surface area contributed by atoms with Crippen molar-refractivity contribution in [3.05, 3.63) is 51.7 Å². The van der Waals surface area contributed by atoms with Gasteiger partial charge in [0.05, 0.1) is 10.5 Å². The summed E-state index contributed by atoms with van der Waals surface area (Å²) in [5, 5.41) is 0.554. The number of fused-ring (bicyclic) bond motifs is 1. The predicted octanol–water partition coefficient (Wildman–Crippen LogP) is 4.78. The van der Waals surface area contributed by atoms with E-state index in [2.05, 4.69) is 25.9 Å². The molecule has 0 atom stereocenters. The quantitative estimate of drug-likeness (QED) is 0.685. The van der Waals surface area contributed by atoms with E-state index in [-0.39, 0.29) is 5.82 Å². The first kappa shape index (κ1) is 11.7. The summed E-state index contributed by atoms with van der Waals surface area (Å²) in [4.78, 5) is 7.52. The average Bonchev–Trinajstić information content (AvgIpc) is 2.73. The molecule has 0 fully saturated rings. The fourth-order valence-corrected chi connectivity index (χ4v) is 2.67. The van der Waals surface area contributed by atoms with Crippen molar-refractivity contribution in [3.8, 4) is 11.4 Å². The number of halogens is 3. The molecule has 0 saturated heterocycles. The molecule has 0 unspecified atom stereocenters. The molecule has 0 spiro atoms. The molecule has 2 aromatic carbocycles. The third-order valence-electron chi connectivity index (χ3n) is 2.60. The lowest BCUT2D eigenvalue weighted by Crippen LogP contribution is -1.81. The highest BCUT2D eigenvalue weighted by molar-refractivity contribution is 9.10. The van der Waals surface area contributed by atoms with E-state index in [1.165, 1.54) is 12.1 Å². The minimum Gasteiger partial charge on any atom is -0.338 e. The Morgan fingerprint density at radius 1 is 1.22 bits per heavy atom. The number of hydrogen-bond acceptors (Lipinski definition) is 1. The molecule has 0 aliphatic carbocycles. The van der Waals surface area contributed by atoms with Crippen LogP contribution in [0.4, 0.5) is 4.39 Å². The molecule has 90 valence electrons. The van der Waals surface area contributed by atoms with Crippen molar-refractivity contribution in [2.24, 2.45) is 0 Å². The van der Waals surface area contributed by atoms with Crippen LogP contribution in [0.2, 0.25) is 5.02 Å². The fourth-order valence-electron chi connectivity index (χ4n) is 1.81. The van der Waals surface area contributed by atoms with Gasteiger partial charge in [-0.2, -0.15) is 0 Å². The van der Waals surface area contributed by atoms with Crippen molar-refractivity contribution >= 4 is 38.6 Å². The van der Waals surface area contributed by atoms with Crippen LogP contribution in [0.25, 0.3) is 22.4 Å². The smallest absolute Gasteiger partial charge is 0.138 e. The van der Waals surface area contributed by atoms with Gasteiger partial charge in [-0.1, -0.05) is 39.7 Å². The van der Waals surface area contributed by atoms with E-state index in [9.17, 15) is 4.39 Å². The molecule has 1 N–H and O–H groups in total. The molecule has 1 aromatic heterocycles. The van der Waals surface area contributed by atoms with Gasteiger partial charge >= 0.3 is 0 Å². The fraction of sp³-hybridized carbons (Fsp3) is 0. The van der Waals surface area contributed by atoms with E-state index >= 15 is 0 Å². The highest BCUT2D eigenvalue weighted by Crippen LogP contribution is 2.29. The maximum atomic E-state index is 13.2. The van der Waals surface area contributed by atoms with Crippen LogP contribution in [-0.2, 0) is 0 Å². The summed E-state index contributed by atoms with van der Waals surface area (Å²) in [5.41, 5.74) is 2.19. The highest BCUT2D eigenvalue weighted by Gasteiger charge is 2.09. The van der Waals surface area contributed by atoms with Crippen molar-refractivity contribution in [1.82, 2.24) is 9.97 Å². The van der Waals surface area contributed by atoms with Crippen LogP contribution in [0.5, 0.6) is 0 Å². The lowest BCUT2D eigenvalue weighted by molar-refractivity contribution is 0.628. The summed E-state index contributed by atoms with van der Waals surface area (Å²) >= 11 is 9.48. The Kier molecular flexibility index (Phi) is 2.84.